The molecule has 136 valence electrons. The van der Waals surface area contributed by atoms with Crippen molar-refractivity contribution in [2.24, 2.45) is 11.7 Å². The number of allylic oxidation sites excluding steroid dienone is 1. The highest BCUT2D eigenvalue weighted by Crippen LogP contribution is 2.36. The molecule has 1 heterocycles. The number of carboxylic acid groups (broad SMARTS) is 1. The fourth-order valence-electron chi connectivity index (χ4n) is 3.97. The highest BCUT2D eigenvalue weighted by Gasteiger charge is 2.29. The zero-order valence-electron chi connectivity index (χ0n) is 14.1. The second-order valence-corrected chi connectivity index (χ2v) is 7.99. The lowest BCUT2D eigenvalue weighted by Crippen LogP contribution is -2.41. The van der Waals surface area contributed by atoms with Gasteiger partial charge in [0.2, 0.25) is 0 Å². The lowest BCUT2D eigenvalue weighted by atomic mass is 9.80. The number of hydrogen-bond acceptors (Lipinski definition) is 3. The van der Waals surface area contributed by atoms with Gasteiger partial charge in [-0.15, -0.1) is 0 Å². The Kier molecular flexibility index (Phi) is 6.05. The van der Waals surface area contributed by atoms with Crippen molar-refractivity contribution in [3.05, 3.63) is 45.5 Å². The molecule has 3 atom stereocenters. The second kappa shape index (κ2) is 8.09. The summed E-state index contributed by atoms with van der Waals surface area (Å²) in [6.45, 7) is 2.41. The Hall–Kier alpha value is -1.07. The molecule has 1 aromatic carbocycles. The van der Waals surface area contributed by atoms with Crippen LogP contribution in [0.3, 0.4) is 0 Å². The van der Waals surface area contributed by atoms with Crippen molar-refractivity contribution < 1.29 is 9.90 Å². The average molecular weight is 383 g/mol. The van der Waals surface area contributed by atoms with Crippen molar-refractivity contribution in [1.29, 1.82) is 0 Å². The fraction of sp³-hybridized carbons (Fsp3) is 0.526. The predicted molar refractivity (Wildman–Crippen MR) is 101 cm³/mol. The molecule has 2 aliphatic rings. The first-order chi connectivity index (χ1) is 11.9. The van der Waals surface area contributed by atoms with Gasteiger partial charge in [0.15, 0.2) is 0 Å². The number of rotatable bonds is 4. The summed E-state index contributed by atoms with van der Waals surface area (Å²) in [6.07, 6.45) is 5.65. The van der Waals surface area contributed by atoms with E-state index < -0.39 is 5.97 Å². The van der Waals surface area contributed by atoms with Gasteiger partial charge in [-0.2, -0.15) is 0 Å². The standard InChI is InChI=1S/C19H24Cl2N2O2/c20-14-4-6-15(17(21)9-14)16-5-3-12(8-18(16)22)10-23-7-1-2-13(11-23)19(24)25/h3-4,6,9,13,16,18H,1-2,5,7-8,10-11,22H2,(H,24,25)/t13-,16?,18?/m1/s1. The maximum atomic E-state index is 11.2. The zero-order chi connectivity index (χ0) is 18.0. The molecule has 0 bridgehead atoms. The molecular formula is C19H24Cl2N2O2. The number of piperidine rings is 1. The van der Waals surface area contributed by atoms with Gasteiger partial charge >= 0.3 is 5.97 Å². The van der Waals surface area contributed by atoms with Gasteiger partial charge in [0.1, 0.15) is 0 Å². The van der Waals surface area contributed by atoms with E-state index in [2.05, 4.69) is 11.0 Å². The number of aliphatic carboxylic acids is 1. The minimum absolute atomic E-state index is 0.0127. The van der Waals surface area contributed by atoms with Gasteiger partial charge in [-0.3, -0.25) is 9.69 Å². The molecule has 0 amide bonds. The number of likely N-dealkylation sites (tertiary alicyclic amines) is 1. The van der Waals surface area contributed by atoms with Crippen molar-refractivity contribution in [2.75, 3.05) is 19.6 Å². The highest BCUT2D eigenvalue weighted by atomic mass is 35.5. The van der Waals surface area contributed by atoms with Crippen LogP contribution in [0, 0.1) is 5.92 Å². The van der Waals surface area contributed by atoms with Crippen LogP contribution < -0.4 is 5.73 Å². The molecule has 6 heteroatoms. The molecule has 2 unspecified atom stereocenters. The molecule has 0 radical (unpaired) electrons. The van der Waals surface area contributed by atoms with Crippen molar-refractivity contribution in [1.82, 2.24) is 4.90 Å². The van der Waals surface area contributed by atoms with Gasteiger partial charge in [0.25, 0.3) is 0 Å². The zero-order valence-corrected chi connectivity index (χ0v) is 15.6. The number of nitrogens with zero attached hydrogens (tertiary/aromatic N) is 1. The molecular weight excluding hydrogens is 359 g/mol. The van der Waals surface area contributed by atoms with Gasteiger partial charge in [0.05, 0.1) is 5.92 Å². The number of carboxylic acids is 1. The third-order valence-electron chi connectivity index (χ3n) is 5.32. The molecule has 0 spiro atoms. The third-order valence-corrected chi connectivity index (χ3v) is 5.88. The Morgan fingerprint density at radius 2 is 2.16 bits per heavy atom. The Morgan fingerprint density at radius 3 is 2.84 bits per heavy atom. The Balaban J connectivity index is 1.64. The van der Waals surface area contributed by atoms with E-state index in [1.807, 2.05) is 12.1 Å². The number of benzene rings is 1. The average Bonchev–Trinajstić information content (AvgIpc) is 2.56. The molecule has 3 rings (SSSR count). The topological polar surface area (TPSA) is 66.6 Å². The molecule has 0 saturated carbocycles. The molecule has 1 aromatic rings. The Bertz CT molecular complexity index is 677. The van der Waals surface area contributed by atoms with E-state index in [0.717, 1.165) is 44.3 Å². The summed E-state index contributed by atoms with van der Waals surface area (Å²) in [6, 6.07) is 5.60. The molecule has 3 N–H and O–H groups in total. The molecule has 0 aromatic heterocycles. The van der Waals surface area contributed by atoms with Gasteiger partial charge in [-0.1, -0.05) is 40.9 Å². The Morgan fingerprint density at radius 1 is 1.36 bits per heavy atom. The predicted octanol–water partition coefficient (Wildman–Crippen LogP) is 3.92. The smallest absolute Gasteiger partial charge is 0.307 e. The van der Waals surface area contributed by atoms with Crippen LogP contribution in [0.2, 0.25) is 10.0 Å². The van der Waals surface area contributed by atoms with Crippen LogP contribution >= 0.6 is 23.2 Å². The number of halogens is 2. The van der Waals surface area contributed by atoms with Crippen LogP contribution in [0.1, 0.15) is 37.2 Å². The largest absolute Gasteiger partial charge is 0.481 e. The van der Waals surface area contributed by atoms with Crippen LogP contribution in [0.4, 0.5) is 0 Å². The maximum Gasteiger partial charge on any atom is 0.307 e. The second-order valence-electron chi connectivity index (χ2n) is 7.15. The van der Waals surface area contributed by atoms with Crippen LogP contribution in [0.25, 0.3) is 0 Å². The molecule has 25 heavy (non-hydrogen) atoms. The molecule has 1 fully saturated rings. The fourth-order valence-corrected chi connectivity index (χ4v) is 4.52. The highest BCUT2D eigenvalue weighted by molar-refractivity contribution is 6.35. The normalized spacial score (nSPS) is 27.8. The van der Waals surface area contributed by atoms with E-state index in [-0.39, 0.29) is 17.9 Å². The van der Waals surface area contributed by atoms with Crippen molar-refractivity contribution in [3.8, 4) is 0 Å². The first-order valence-electron chi connectivity index (χ1n) is 8.77. The SMILES string of the molecule is NC1CC(CN2CCC[C@@H](C(=O)O)C2)=CCC1c1ccc(Cl)cc1Cl. The number of hydrogen-bond donors (Lipinski definition) is 2. The summed E-state index contributed by atoms with van der Waals surface area (Å²) in [5, 5.41) is 10.5. The summed E-state index contributed by atoms with van der Waals surface area (Å²) in [5.74, 6) is -0.731. The minimum atomic E-state index is -0.684. The monoisotopic (exact) mass is 382 g/mol. The van der Waals surface area contributed by atoms with E-state index in [0.29, 0.717) is 16.6 Å². The number of carbonyl (C=O) groups is 1. The van der Waals surface area contributed by atoms with E-state index in [1.165, 1.54) is 5.57 Å². The van der Waals surface area contributed by atoms with Gasteiger partial charge in [-0.25, -0.2) is 0 Å². The lowest BCUT2D eigenvalue weighted by Gasteiger charge is -2.35. The van der Waals surface area contributed by atoms with E-state index in [1.54, 1.807) is 6.07 Å². The van der Waals surface area contributed by atoms with Gasteiger partial charge in [0, 0.05) is 35.1 Å². The van der Waals surface area contributed by atoms with Crippen LogP contribution in [0.15, 0.2) is 29.8 Å². The lowest BCUT2D eigenvalue weighted by molar-refractivity contribution is -0.143. The van der Waals surface area contributed by atoms with Crippen LogP contribution in [0.5, 0.6) is 0 Å². The Labute approximate surface area is 158 Å². The maximum absolute atomic E-state index is 11.2. The summed E-state index contributed by atoms with van der Waals surface area (Å²) in [5.41, 5.74) is 8.80. The summed E-state index contributed by atoms with van der Waals surface area (Å²) < 4.78 is 0. The summed E-state index contributed by atoms with van der Waals surface area (Å²) >= 11 is 12.3. The van der Waals surface area contributed by atoms with E-state index in [4.69, 9.17) is 28.9 Å². The molecule has 1 aliphatic heterocycles. The van der Waals surface area contributed by atoms with Gasteiger partial charge in [-0.05, 0) is 49.9 Å². The molecule has 4 nitrogen and oxygen atoms in total. The summed E-state index contributed by atoms with van der Waals surface area (Å²) in [4.78, 5) is 13.5. The quantitative estimate of drug-likeness (QED) is 0.774. The van der Waals surface area contributed by atoms with Crippen LogP contribution in [-0.2, 0) is 4.79 Å². The van der Waals surface area contributed by atoms with E-state index in [9.17, 15) is 9.90 Å². The van der Waals surface area contributed by atoms with Gasteiger partial charge < -0.3 is 10.8 Å². The summed E-state index contributed by atoms with van der Waals surface area (Å²) in [7, 11) is 0. The first-order valence-corrected chi connectivity index (χ1v) is 9.53. The van der Waals surface area contributed by atoms with Crippen LogP contribution in [-0.4, -0.2) is 41.7 Å². The minimum Gasteiger partial charge on any atom is -0.481 e. The number of nitrogens with two attached hydrogens (primary N) is 1. The first kappa shape index (κ1) is 18.7. The van der Waals surface area contributed by atoms with E-state index >= 15 is 0 Å². The molecule has 1 saturated heterocycles. The van der Waals surface area contributed by atoms with Crippen molar-refractivity contribution in [2.45, 2.75) is 37.6 Å². The van der Waals surface area contributed by atoms with Crippen molar-refractivity contribution >= 4 is 29.2 Å². The third kappa shape index (κ3) is 4.56. The van der Waals surface area contributed by atoms with Crippen molar-refractivity contribution in [3.63, 3.8) is 0 Å². The molecule has 1 aliphatic carbocycles.